The van der Waals surface area contributed by atoms with Gasteiger partial charge in [0.25, 0.3) is 5.91 Å². The van der Waals surface area contributed by atoms with E-state index in [0.717, 1.165) is 5.56 Å². The van der Waals surface area contributed by atoms with Crippen molar-refractivity contribution in [3.8, 4) is 5.75 Å². The van der Waals surface area contributed by atoms with Crippen LogP contribution in [0.2, 0.25) is 0 Å². The first kappa shape index (κ1) is 13.4. The number of benzene rings is 1. The minimum absolute atomic E-state index is 0.0423. The summed E-state index contributed by atoms with van der Waals surface area (Å²) in [7, 11) is 1.32. The lowest BCUT2D eigenvalue weighted by molar-refractivity contribution is -0.147. The first-order chi connectivity index (χ1) is 8.95. The van der Waals surface area contributed by atoms with Crippen LogP contribution < -0.4 is 0 Å². The van der Waals surface area contributed by atoms with Crippen LogP contribution in [0.5, 0.6) is 5.75 Å². The largest absolute Gasteiger partial charge is 0.508 e. The van der Waals surface area contributed by atoms with Crippen molar-refractivity contribution in [2.75, 3.05) is 7.11 Å². The Hall–Kier alpha value is -2.04. The summed E-state index contributed by atoms with van der Waals surface area (Å²) in [6.45, 7) is 4.11. The van der Waals surface area contributed by atoms with E-state index < -0.39 is 12.0 Å². The van der Waals surface area contributed by atoms with E-state index in [0.29, 0.717) is 12.1 Å². The van der Waals surface area contributed by atoms with E-state index in [1.54, 1.807) is 6.07 Å². The van der Waals surface area contributed by atoms with Gasteiger partial charge in [-0.3, -0.25) is 4.79 Å². The summed E-state index contributed by atoms with van der Waals surface area (Å²) < 4.78 is 4.77. The summed E-state index contributed by atoms with van der Waals surface area (Å²) >= 11 is 0. The highest BCUT2D eigenvalue weighted by Crippen LogP contribution is 2.29. The molecule has 1 aliphatic heterocycles. The normalized spacial score (nSPS) is 15.6. The lowest BCUT2D eigenvalue weighted by atomic mass is 10.0. The van der Waals surface area contributed by atoms with Gasteiger partial charge in [0.2, 0.25) is 0 Å². The maximum atomic E-state index is 12.3. The minimum Gasteiger partial charge on any atom is -0.508 e. The number of aromatic hydroxyl groups is 1. The molecule has 2 rings (SSSR count). The van der Waals surface area contributed by atoms with Crippen LogP contribution in [-0.4, -0.2) is 35.0 Å². The van der Waals surface area contributed by atoms with Gasteiger partial charge in [0.1, 0.15) is 11.8 Å². The van der Waals surface area contributed by atoms with Gasteiger partial charge in [-0.15, -0.1) is 0 Å². The Morgan fingerprint density at radius 2 is 2.11 bits per heavy atom. The third kappa shape index (κ3) is 2.28. The lowest BCUT2D eigenvalue weighted by Gasteiger charge is -2.28. The van der Waals surface area contributed by atoms with E-state index in [4.69, 9.17) is 4.74 Å². The zero-order valence-corrected chi connectivity index (χ0v) is 11.2. The summed E-state index contributed by atoms with van der Waals surface area (Å²) in [6.07, 6.45) is 0. The molecule has 1 unspecified atom stereocenters. The van der Waals surface area contributed by atoms with Crippen LogP contribution in [0.3, 0.4) is 0 Å². The van der Waals surface area contributed by atoms with Gasteiger partial charge in [-0.05, 0) is 23.6 Å². The number of phenols is 1. The molecule has 0 fully saturated rings. The zero-order chi connectivity index (χ0) is 14.2. The fraction of sp³-hybridized carbons (Fsp3) is 0.429. The molecule has 0 bridgehead atoms. The molecule has 5 nitrogen and oxygen atoms in total. The van der Waals surface area contributed by atoms with Crippen LogP contribution >= 0.6 is 0 Å². The molecule has 1 aliphatic rings. The molecule has 1 atom stereocenters. The maximum Gasteiger partial charge on any atom is 0.328 e. The highest BCUT2D eigenvalue weighted by atomic mass is 16.5. The van der Waals surface area contributed by atoms with Gasteiger partial charge in [0.05, 0.1) is 7.11 Å². The molecule has 0 saturated heterocycles. The topological polar surface area (TPSA) is 66.8 Å². The quantitative estimate of drug-likeness (QED) is 0.840. The summed E-state index contributed by atoms with van der Waals surface area (Å²) in [5.74, 6) is -0.650. The van der Waals surface area contributed by atoms with Crippen LogP contribution in [0, 0.1) is 5.92 Å². The number of amides is 1. The van der Waals surface area contributed by atoms with Gasteiger partial charge < -0.3 is 14.7 Å². The Morgan fingerprint density at radius 1 is 1.42 bits per heavy atom. The molecule has 1 heterocycles. The maximum absolute atomic E-state index is 12.3. The third-order valence-electron chi connectivity index (χ3n) is 3.34. The van der Waals surface area contributed by atoms with Crippen molar-refractivity contribution >= 4 is 11.9 Å². The lowest BCUT2D eigenvalue weighted by Crippen LogP contribution is -2.45. The number of methoxy groups -OCH3 is 1. The molecule has 1 N–H and O–H groups in total. The Kier molecular flexibility index (Phi) is 3.46. The summed E-state index contributed by atoms with van der Waals surface area (Å²) in [5, 5.41) is 9.44. The molecule has 0 spiro atoms. The fourth-order valence-electron chi connectivity index (χ4n) is 2.42. The second-order valence-electron chi connectivity index (χ2n) is 4.99. The van der Waals surface area contributed by atoms with Crippen molar-refractivity contribution in [2.24, 2.45) is 5.92 Å². The molecule has 0 aromatic heterocycles. The van der Waals surface area contributed by atoms with E-state index in [1.165, 1.54) is 24.1 Å². The Morgan fingerprint density at radius 3 is 2.68 bits per heavy atom. The first-order valence-electron chi connectivity index (χ1n) is 6.16. The molecule has 0 aliphatic carbocycles. The number of rotatable bonds is 3. The number of nitrogens with zero attached hydrogens (tertiary/aromatic N) is 1. The molecule has 5 heteroatoms. The zero-order valence-electron chi connectivity index (χ0n) is 11.2. The van der Waals surface area contributed by atoms with Crippen LogP contribution in [0.15, 0.2) is 18.2 Å². The van der Waals surface area contributed by atoms with Crippen molar-refractivity contribution in [2.45, 2.75) is 26.4 Å². The minimum atomic E-state index is -0.605. The Labute approximate surface area is 111 Å². The van der Waals surface area contributed by atoms with Crippen LogP contribution in [-0.2, 0) is 16.1 Å². The summed E-state index contributed by atoms with van der Waals surface area (Å²) in [5.41, 5.74) is 1.27. The molecule has 1 amide bonds. The number of ether oxygens (including phenoxy) is 1. The predicted molar refractivity (Wildman–Crippen MR) is 68.6 cm³/mol. The second-order valence-corrected chi connectivity index (χ2v) is 4.99. The molecule has 0 radical (unpaired) electrons. The number of fused-ring (bicyclic) bond motifs is 1. The number of carbonyl (C=O) groups excluding carboxylic acids is 2. The number of hydrogen-bond acceptors (Lipinski definition) is 4. The predicted octanol–water partition coefficient (Wildman–Crippen LogP) is 1.55. The van der Waals surface area contributed by atoms with Crippen molar-refractivity contribution in [1.82, 2.24) is 4.90 Å². The monoisotopic (exact) mass is 263 g/mol. The highest BCUT2D eigenvalue weighted by Gasteiger charge is 2.38. The number of hydrogen-bond donors (Lipinski definition) is 1. The molecule has 1 aromatic rings. The summed E-state index contributed by atoms with van der Waals surface area (Å²) in [4.78, 5) is 25.7. The van der Waals surface area contributed by atoms with Crippen LogP contribution in [0.4, 0.5) is 0 Å². The van der Waals surface area contributed by atoms with Crippen molar-refractivity contribution in [1.29, 1.82) is 0 Å². The number of carbonyl (C=O) groups is 2. The fourth-order valence-corrected chi connectivity index (χ4v) is 2.42. The van der Waals surface area contributed by atoms with Crippen LogP contribution in [0.1, 0.15) is 29.8 Å². The van der Waals surface area contributed by atoms with E-state index in [-0.39, 0.29) is 17.6 Å². The van der Waals surface area contributed by atoms with Gasteiger partial charge >= 0.3 is 5.97 Å². The summed E-state index contributed by atoms with van der Waals surface area (Å²) in [6, 6.07) is 4.08. The van der Waals surface area contributed by atoms with Gasteiger partial charge in [-0.2, -0.15) is 0 Å². The van der Waals surface area contributed by atoms with Gasteiger partial charge in [-0.25, -0.2) is 4.79 Å². The molecule has 1 aromatic carbocycles. The third-order valence-corrected chi connectivity index (χ3v) is 3.34. The van der Waals surface area contributed by atoms with Crippen molar-refractivity contribution in [3.63, 3.8) is 0 Å². The smallest absolute Gasteiger partial charge is 0.328 e. The van der Waals surface area contributed by atoms with E-state index in [9.17, 15) is 14.7 Å². The standard InChI is InChI=1S/C14H17NO4/c1-8(2)12(14(18)19-3)15-7-9-4-5-10(16)6-11(9)13(15)17/h4-6,8,12,16H,7H2,1-3H3. The van der Waals surface area contributed by atoms with Crippen molar-refractivity contribution in [3.05, 3.63) is 29.3 Å². The van der Waals surface area contributed by atoms with E-state index >= 15 is 0 Å². The Bertz CT molecular complexity index is 524. The second kappa shape index (κ2) is 4.91. The average molecular weight is 263 g/mol. The molecular weight excluding hydrogens is 246 g/mol. The van der Waals surface area contributed by atoms with Gasteiger partial charge in [-0.1, -0.05) is 19.9 Å². The Balaban J connectivity index is 2.34. The van der Waals surface area contributed by atoms with Crippen LogP contribution in [0.25, 0.3) is 0 Å². The molecule has 0 saturated carbocycles. The number of esters is 1. The molecular formula is C14H17NO4. The van der Waals surface area contributed by atoms with E-state index in [1.807, 2.05) is 13.8 Å². The highest BCUT2D eigenvalue weighted by molar-refractivity contribution is 6.00. The first-order valence-corrected chi connectivity index (χ1v) is 6.16. The average Bonchev–Trinajstić information content (AvgIpc) is 2.67. The van der Waals surface area contributed by atoms with Gasteiger partial charge in [0.15, 0.2) is 0 Å². The van der Waals surface area contributed by atoms with E-state index in [2.05, 4.69) is 0 Å². The SMILES string of the molecule is COC(=O)C(C(C)C)N1Cc2ccc(O)cc2C1=O. The number of phenolic OH excluding ortho intramolecular Hbond substituents is 1. The van der Waals surface area contributed by atoms with Crippen molar-refractivity contribution < 1.29 is 19.4 Å². The molecule has 102 valence electrons. The van der Waals surface area contributed by atoms with Gasteiger partial charge in [0, 0.05) is 12.1 Å². The molecule has 19 heavy (non-hydrogen) atoms.